The number of benzene rings is 4. The molecule has 0 saturated carbocycles. The Hall–Kier alpha value is -2.26. The van der Waals surface area contributed by atoms with Gasteiger partial charge in [-0.2, -0.15) is 0 Å². The standard InChI is InChI=1S/C24H16O3P2S2.CH4/c30-28(23-15-7-3-11-19(23)17-9-1-5-13-21(17)25-28)27-29(31)24-16-8-4-12-20(24)18-10-2-6-14-22(18)26-29;/h1-16H;1H4. The van der Waals surface area contributed by atoms with Crippen molar-refractivity contribution in [2.45, 2.75) is 7.43 Å². The third-order valence-electron chi connectivity index (χ3n) is 5.40. The molecule has 7 heteroatoms. The van der Waals surface area contributed by atoms with E-state index in [1.165, 1.54) is 0 Å². The van der Waals surface area contributed by atoms with Crippen LogP contribution < -0.4 is 19.7 Å². The minimum atomic E-state index is -2.98. The zero-order chi connectivity index (χ0) is 21.1. The Bertz CT molecular complexity index is 1340. The lowest BCUT2D eigenvalue weighted by Crippen LogP contribution is -2.24. The molecule has 0 amide bonds. The smallest absolute Gasteiger partial charge is 0.276 e. The van der Waals surface area contributed by atoms with Crippen molar-refractivity contribution in [3.63, 3.8) is 0 Å². The van der Waals surface area contributed by atoms with Crippen molar-refractivity contribution < 1.29 is 13.4 Å². The van der Waals surface area contributed by atoms with Crippen LogP contribution >= 0.6 is 13.0 Å². The SMILES string of the molecule is C.S=P1(OP2(=S)Oc3ccccc3-c3ccccc32)Oc2ccccc2-c2ccccc21. The zero-order valence-electron chi connectivity index (χ0n) is 16.2. The van der Waals surface area contributed by atoms with Gasteiger partial charge in [0.2, 0.25) is 0 Å². The van der Waals surface area contributed by atoms with Crippen molar-refractivity contribution in [1.29, 1.82) is 0 Å². The fourth-order valence-electron chi connectivity index (χ4n) is 4.04. The van der Waals surface area contributed by atoms with Crippen LogP contribution in [0.3, 0.4) is 0 Å². The highest BCUT2D eigenvalue weighted by molar-refractivity contribution is 8.21. The molecule has 2 aliphatic rings. The number of fused-ring (bicyclic) bond motifs is 6. The molecule has 0 aliphatic carbocycles. The van der Waals surface area contributed by atoms with Gasteiger partial charge in [0.15, 0.2) is 0 Å². The maximum absolute atomic E-state index is 6.68. The molecule has 0 fully saturated rings. The van der Waals surface area contributed by atoms with Crippen LogP contribution in [-0.4, -0.2) is 0 Å². The van der Waals surface area contributed by atoms with E-state index in [2.05, 4.69) is 12.1 Å². The van der Waals surface area contributed by atoms with Gasteiger partial charge in [-0.05, 0) is 59.0 Å². The molecule has 2 atom stereocenters. The highest BCUT2D eigenvalue weighted by atomic mass is 32.5. The molecule has 3 nitrogen and oxygen atoms in total. The predicted octanol–water partition coefficient (Wildman–Crippen LogP) is 7.03. The van der Waals surface area contributed by atoms with E-state index in [4.69, 9.17) is 37.0 Å². The summed E-state index contributed by atoms with van der Waals surface area (Å²) in [5, 5.41) is 1.74. The summed E-state index contributed by atoms with van der Waals surface area (Å²) < 4.78 is 19.5. The largest absolute Gasteiger partial charge is 0.439 e. The first-order chi connectivity index (χ1) is 15.1. The Balaban J connectivity index is 0.00000216. The quantitative estimate of drug-likeness (QED) is 0.279. The first kappa shape index (κ1) is 21.6. The Morgan fingerprint density at radius 1 is 0.500 bits per heavy atom. The van der Waals surface area contributed by atoms with Gasteiger partial charge in [0.1, 0.15) is 11.5 Å². The second-order valence-corrected chi connectivity index (χ2v) is 14.1. The van der Waals surface area contributed by atoms with Gasteiger partial charge in [0, 0.05) is 11.1 Å². The lowest BCUT2D eigenvalue weighted by molar-refractivity contribution is 0.473. The van der Waals surface area contributed by atoms with Crippen molar-refractivity contribution in [3.8, 4) is 33.8 Å². The van der Waals surface area contributed by atoms with Crippen LogP contribution in [0, 0.1) is 0 Å². The van der Waals surface area contributed by atoms with Crippen LogP contribution in [0.2, 0.25) is 0 Å². The molecule has 2 heterocycles. The van der Waals surface area contributed by atoms with Crippen LogP contribution in [0.25, 0.3) is 22.3 Å². The van der Waals surface area contributed by atoms with Crippen LogP contribution in [-0.2, 0) is 27.9 Å². The van der Waals surface area contributed by atoms with E-state index in [1.807, 2.05) is 84.9 Å². The summed E-state index contributed by atoms with van der Waals surface area (Å²) in [6.07, 6.45) is 0. The highest BCUT2D eigenvalue weighted by Crippen LogP contribution is 2.68. The third kappa shape index (κ3) is 3.28. The molecule has 4 aromatic carbocycles. The van der Waals surface area contributed by atoms with E-state index in [-0.39, 0.29) is 7.43 Å². The molecule has 0 N–H and O–H groups in total. The molecule has 0 radical (unpaired) electrons. The molecule has 0 saturated heterocycles. The Morgan fingerprint density at radius 3 is 1.28 bits per heavy atom. The molecular formula is C25H20O3P2S2. The van der Waals surface area contributed by atoms with E-state index in [1.54, 1.807) is 0 Å². The van der Waals surface area contributed by atoms with Gasteiger partial charge in [-0.1, -0.05) is 80.2 Å². The molecule has 6 rings (SSSR count). The van der Waals surface area contributed by atoms with Crippen molar-refractivity contribution in [1.82, 2.24) is 0 Å². The molecular weight excluding hydrogens is 474 g/mol. The van der Waals surface area contributed by atoms with Gasteiger partial charge in [-0.25, -0.2) is 4.31 Å². The van der Waals surface area contributed by atoms with E-state index in [9.17, 15) is 0 Å². The molecule has 2 unspecified atom stereocenters. The maximum atomic E-state index is 6.68. The molecule has 0 bridgehead atoms. The Kier molecular flexibility index (Phi) is 5.36. The van der Waals surface area contributed by atoms with Crippen molar-refractivity contribution >= 4 is 47.2 Å². The van der Waals surface area contributed by atoms with Gasteiger partial charge in [0.05, 0.1) is 10.6 Å². The Labute approximate surface area is 198 Å². The van der Waals surface area contributed by atoms with Gasteiger partial charge in [0.25, 0.3) is 13.0 Å². The third-order valence-corrected chi connectivity index (χ3v) is 12.8. The van der Waals surface area contributed by atoms with Crippen LogP contribution in [0.15, 0.2) is 97.1 Å². The average molecular weight is 495 g/mol. The van der Waals surface area contributed by atoms with Gasteiger partial charge < -0.3 is 9.05 Å². The minimum Gasteiger partial charge on any atom is -0.439 e. The second kappa shape index (κ2) is 7.95. The summed E-state index contributed by atoms with van der Waals surface area (Å²) in [5.41, 5.74) is 4.07. The first-order valence-corrected chi connectivity index (χ1v) is 15.0. The molecule has 160 valence electrons. The highest BCUT2D eigenvalue weighted by Gasteiger charge is 2.42. The van der Waals surface area contributed by atoms with E-state index >= 15 is 0 Å². The van der Waals surface area contributed by atoms with Gasteiger partial charge >= 0.3 is 0 Å². The lowest BCUT2D eigenvalue weighted by Gasteiger charge is -2.37. The average Bonchev–Trinajstić information content (AvgIpc) is 2.79. The van der Waals surface area contributed by atoms with Crippen LogP contribution in [0.4, 0.5) is 0 Å². The number of hydrogen-bond acceptors (Lipinski definition) is 5. The first-order valence-electron chi connectivity index (χ1n) is 9.76. The Morgan fingerprint density at radius 2 is 0.844 bits per heavy atom. The minimum absolute atomic E-state index is 0. The zero-order valence-corrected chi connectivity index (χ0v) is 19.6. The molecule has 0 aromatic heterocycles. The topological polar surface area (TPSA) is 27.7 Å². The maximum Gasteiger partial charge on any atom is 0.276 e. The van der Waals surface area contributed by atoms with Crippen molar-refractivity contribution in [2.75, 3.05) is 0 Å². The summed E-state index contributed by atoms with van der Waals surface area (Å²) in [5.74, 6) is 1.44. The van der Waals surface area contributed by atoms with Crippen LogP contribution in [0.1, 0.15) is 7.43 Å². The summed E-state index contributed by atoms with van der Waals surface area (Å²) >= 11 is 12.2. The molecule has 4 aromatic rings. The number of para-hydroxylation sites is 2. The van der Waals surface area contributed by atoms with Crippen LogP contribution in [0.5, 0.6) is 11.5 Å². The van der Waals surface area contributed by atoms with Gasteiger partial charge in [-0.15, -0.1) is 0 Å². The fraction of sp³-hybridized carbons (Fsp3) is 0.0400. The van der Waals surface area contributed by atoms with Gasteiger partial charge in [-0.3, -0.25) is 0 Å². The summed E-state index contributed by atoms with van der Waals surface area (Å²) in [4.78, 5) is 0. The second-order valence-electron chi connectivity index (χ2n) is 7.29. The summed E-state index contributed by atoms with van der Waals surface area (Å²) in [6.45, 7) is -5.97. The fourth-order valence-corrected chi connectivity index (χ4v) is 12.2. The van der Waals surface area contributed by atoms with Crippen molar-refractivity contribution in [3.05, 3.63) is 97.1 Å². The summed E-state index contributed by atoms with van der Waals surface area (Å²) in [6, 6.07) is 31.8. The van der Waals surface area contributed by atoms with E-state index in [0.29, 0.717) is 0 Å². The summed E-state index contributed by atoms with van der Waals surface area (Å²) in [7, 11) is 0. The molecule has 0 spiro atoms. The van der Waals surface area contributed by atoms with Crippen molar-refractivity contribution in [2.24, 2.45) is 0 Å². The number of rotatable bonds is 2. The molecule has 32 heavy (non-hydrogen) atoms. The predicted molar refractivity (Wildman–Crippen MR) is 141 cm³/mol. The van der Waals surface area contributed by atoms with E-state index in [0.717, 1.165) is 44.4 Å². The molecule has 2 aliphatic heterocycles. The monoisotopic (exact) mass is 494 g/mol. The lowest BCUT2D eigenvalue weighted by atomic mass is 10.0. The van der Waals surface area contributed by atoms with E-state index < -0.39 is 13.0 Å². The number of hydrogen-bond donors (Lipinski definition) is 0. The normalized spacial score (nSPS) is 22.0.